The molecule has 0 amide bonds. The van der Waals surface area contributed by atoms with Gasteiger partial charge in [-0.15, -0.1) is 0 Å². The number of nitrogens with two attached hydrogens (primary N) is 1. The Morgan fingerprint density at radius 2 is 1.31 bits per heavy atom. The minimum absolute atomic E-state index is 0.0179. The van der Waals surface area contributed by atoms with Crippen LogP contribution in [0, 0.1) is 10.8 Å². The Morgan fingerprint density at radius 3 is 1.77 bits per heavy atom. The highest BCUT2D eigenvalue weighted by Crippen LogP contribution is 2.37. The van der Waals surface area contributed by atoms with Crippen LogP contribution in [-0.2, 0) is 19.1 Å². The minimum Gasteiger partial charge on any atom is -0.462 e. The Hall–Kier alpha value is -1.10. The summed E-state index contributed by atoms with van der Waals surface area (Å²) in [6, 6.07) is -0.747. The third-order valence-corrected chi connectivity index (χ3v) is 6.12. The lowest BCUT2D eigenvalue weighted by Crippen LogP contribution is -2.37. The highest BCUT2D eigenvalue weighted by Gasteiger charge is 2.31. The standard InChI is InChI=1S/C21H37NO4/c1-20(2)11-7-15(8-12-20)25-18(23)6-5-17(22)19(24)26-16-9-13-21(3,4)14-10-16/h15-17H,5-14,22H2,1-4H3/t17-/m0/s1. The molecule has 2 N–H and O–H groups in total. The highest BCUT2D eigenvalue weighted by atomic mass is 16.5. The van der Waals surface area contributed by atoms with Crippen molar-refractivity contribution in [1.82, 2.24) is 0 Å². The summed E-state index contributed by atoms with van der Waals surface area (Å²) in [4.78, 5) is 24.2. The SMILES string of the molecule is CC1(C)CCC(OC(=O)CC[C@H](N)C(=O)OC2CCC(C)(C)CC2)CC1. The summed E-state index contributed by atoms with van der Waals surface area (Å²) in [7, 11) is 0. The van der Waals surface area contributed by atoms with Gasteiger partial charge in [-0.25, -0.2) is 0 Å². The third kappa shape index (κ3) is 6.90. The van der Waals surface area contributed by atoms with E-state index in [-0.39, 0.29) is 37.0 Å². The molecule has 0 unspecified atom stereocenters. The number of esters is 2. The number of hydrogen-bond acceptors (Lipinski definition) is 5. The summed E-state index contributed by atoms with van der Waals surface area (Å²) in [6.45, 7) is 9.00. The molecule has 150 valence electrons. The van der Waals surface area contributed by atoms with E-state index in [1.807, 2.05) is 0 Å². The first-order chi connectivity index (χ1) is 12.1. The van der Waals surface area contributed by atoms with Crippen molar-refractivity contribution in [2.24, 2.45) is 16.6 Å². The van der Waals surface area contributed by atoms with Gasteiger partial charge in [0.25, 0.3) is 0 Å². The van der Waals surface area contributed by atoms with E-state index in [1.165, 1.54) is 0 Å². The van der Waals surface area contributed by atoms with Crippen LogP contribution in [0.2, 0.25) is 0 Å². The molecule has 2 rings (SSSR count). The molecule has 26 heavy (non-hydrogen) atoms. The van der Waals surface area contributed by atoms with Crippen LogP contribution in [0.25, 0.3) is 0 Å². The minimum atomic E-state index is -0.747. The lowest BCUT2D eigenvalue weighted by molar-refractivity contribution is -0.154. The fourth-order valence-corrected chi connectivity index (χ4v) is 3.87. The maximum atomic E-state index is 12.1. The number of hydrogen-bond donors (Lipinski definition) is 1. The van der Waals surface area contributed by atoms with Crippen molar-refractivity contribution in [3.8, 4) is 0 Å². The molecule has 5 nitrogen and oxygen atoms in total. The van der Waals surface area contributed by atoms with Gasteiger partial charge in [0.05, 0.1) is 0 Å². The predicted octanol–water partition coefficient (Wildman–Crippen LogP) is 4.12. The molecule has 2 aliphatic carbocycles. The van der Waals surface area contributed by atoms with Crippen molar-refractivity contribution in [2.75, 3.05) is 0 Å². The summed E-state index contributed by atoms with van der Waals surface area (Å²) >= 11 is 0. The molecule has 2 saturated carbocycles. The fourth-order valence-electron chi connectivity index (χ4n) is 3.87. The van der Waals surface area contributed by atoms with E-state index in [1.54, 1.807) is 0 Å². The summed E-state index contributed by atoms with van der Waals surface area (Å²) in [5, 5.41) is 0. The van der Waals surface area contributed by atoms with Crippen molar-refractivity contribution in [3.63, 3.8) is 0 Å². The van der Waals surface area contributed by atoms with E-state index in [0.29, 0.717) is 10.8 Å². The van der Waals surface area contributed by atoms with Crippen LogP contribution in [0.5, 0.6) is 0 Å². The topological polar surface area (TPSA) is 78.6 Å². The summed E-state index contributed by atoms with van der Waals surface area (Å²) in [5.74, 6) is -0.640. The maximum Gasteiger partial charge on any atom is 0.323 e. The Labute approximate surface area is 158 Å². The molecule has 0 spiro atoms. The van der Waals surface area contributed by atoms with Gasteiger partial charge in [-0.1, -0.05) is 27.7 Å². The molecule has 0 saturated heterocycles. The maximum absolute atomic E-state index is 12.1. The fraction of sp³-hybridized carbons (Fsp3) is 0.905. The van der Waals surface area contributed by atoms with Crippen LogP contribution in [-0.4, -0.2) is 30.2 Å². The van der Waals surface area contributed by atoms with Gasteiger partial charge in [0.1, 0.15) is 18.2 Å². The average molecular weight is 368 g/mol. The van der Waals surface area contributed by atoms with Gasteiger partial charge >= 0.3 is 11.9 Å². The molecule has 2 fully saturated rings. The van der Waals surface area contributed by atoms with E-state index in [9.17, 15) is 9.59 Å². The molecule has 5 heteroatoms. The summed E-state index contributed by atoms with van der Waals surface area (Å²) in [6.07, 6.45) is 8.36. The molecule has 1 atom stereocenters. The monoisotopic (exact) mass is 367 g/mol. The van der Waals surface area contributed by atoms with Gasteiger partial charge in [0.15, 0.2) is 0 Å². The lowest BCUT2D eigenvalue weighted by Gasteiger charge is -2.34. The average Bonchev–Trinajstić information content (AvgIpc) is 2.56. The van der Waals surface area contributed by atoms with Crippen LogP contribution >= 0.6 is 0 Å². The van der Waals surface area contributed by atoms with Gasteiger partial charge in [0.2, 0.25) is 0 Å². The second-order valence-corrected chi connectivity index (χ2v) is 9.80. The molecule has 0 aromatic heterocycles. The second-order valence-electron chi connectivity index (χ2n) is 9.80. The number of carbonyl (C=O) groups excluding carboxylic acids is 2. The zero-order valence-corrected chi connectivity index (χ0v) is 17.0. The molecular weight excluding hydrogens is 330 g/mol. The summed E-state index contributed by atoms with van der Waals surface area (Å²) < 4.78 is 11.1. The molecule has 0 aliphatic heterocycles. The molecule has 0 aromatic carbocycles. The summed E-state index contributed by atoms with van der Waals surface area (Å²) in [5.41, 5.74) is 6.61. The Morgan fingerprint density at radius 1 is 0.885 bits per heavy atom. The van der Waals surface area contributed by atoms with Gasteiger partial charge in [-0.05, 0) is 68.6 Å². The predicted molar refractivity (Wildman–Crippen MR) is 101 cm³/mol. The molecule has 2 aliphatic rings. The molecular formula is C21H37NO4. The van der Waals surface area contributed by atoms with E-state index < -0.39 is 6.04 Å². The molecule has 0 aromatic rings. The van der Waals surface area contributed by atoms with Crippen LogP contribution in [0.4, 0.5) is 0 Å². The van der Waals surface area contributed by atoms with E-state index >= 15 is 0 Å². The molecule has 0 heterocycles. The lowest BCUT2D eigenvalue weighted by atomic mass is 9.76. The Bertz CT molecular complexity index is 480. The zero-order valence-electron chi connectivity index (χ0n) is 17.0. The first-order valence-corrected chi connectivity index (χ1v) is 10.2. The number of ether oxygens (including phenoxy) is 2. The van der Waals surface area contributed by atoms with Crippen molar-refractivity contribution in [2.45, 2.75) is 110 Å². The van der Waals surface area contributed by atoms with Crippen molar-refractivity contribution in [3.05, 3.63) is 0 Å². The van der Waals surface area contributed by atoms with Gasteiger partial charge in [0, 0.05) is 6.42 Å². The number of carbonyl (C=O) groups is 2. The quantitative estimate of drug-likeness (QED) is 0.715. The Balaban J connectivity index is 1.63. The van der Waals surface area contributed by atoms with E-state index in [2.05, 4.69) is 27.7 Å². The third-order valence-electron chi connectivity index (χ3n) is 6.12. The van der Waals surface area contributed by atoms with E-state index in [4.69, 9.17) is 15.2 Å². The highest BCUT2D eigenvalue weighted by molar-refractivity contribution is 5.77. The van der Waals surface area contributed by atoms with Crippen LogP contribution in [0.3, 0.4) is 0 Å². The van der Waals surface area contributed by atoms with Crippen LogP contribution in [0.1, 0.15) is 91.9 Å². The largest absolute Gasteiger partial charge is 0.462 e. The van der Waals surface area contributed by atoms with Crippen molar-refractivity contribution in [1.29, 1.82) is 0 Å². The first kappa shape index (κ1) is 21.2. The van der Waals surface area contributed by atoms with Gasteiger partial charge in [-0.2, -0.15) is 0 Å². The molecule has 0 bridgehead atoms. The van der Waals surface area contributed by atoms with Crippen molar-refractivity contribution < 1.29 is 19.1 Å². The van der Waals surface area contributed by atoms with Gasteiger partial charge in [-0.3, -0.25) is 9.59 Å². The van der Waals surface area contributed by atoms with Crippen LogP contribution in [0.15, 0.2) is 0 Å². The smallest absolute Gasteiger partial charge is 0.323 e. The first-order valence-electron chi connectivity index (χ1n) is 10.2. The Kier molecular flexibility index (Phi) is 7.12. The normalized spacial score (nSPS) is 24.7. The van der Waals surface area contributed by atoms with Gasteiger partial charge < -0.3 is 15.2 Å². The van der Waals surface area contributed by atoms with Crippen LogP contribution < -0.4 is 5.73 Å². The van der Waals surface area contributed by atoms with Crippen molar-refractivity contribution >= 4 is 11.9 Å². The second kappa shape index (κ2) is 8.73. The molecule has 0 radical (unpaired) electrons. The zero-order chi connectivity index (χ0) is 19.4. The number of rotatable bonds is 6. The van der Waals surface area contributed by atoms with E-state index in [0.717, 1.165) is 51.4 Å².